The van der Waals surface area contributed by atoms with Gasteiger partial charge in [-0.3, -0.25) is 4.79 Å². The summed E-state index contributed by atoms with van der Waals surface area (Å²) in [6, 6.07) is 3.76. The predicted octanol–water partition coefficient (Wildman–Crippen LogP) is 1.53. The molecular weight excluding hydrogens is 285 g/mol. The molecule has 1 aromatic rings. The molecule has 0 fully saturated rings. The van der Waals surface area contributed by atoms with Crippen LogP contribution in [-0.4, -0.2) is 20.5 Å². The van der Waals surface area contributed by atoms with Gasteiger partial charge in [0.1, 0.15) is 6.42 Å². The Kier molecular flexibility index (Phi) is 4.21. The van der Waals surface area contributed by atoms with E-state index >= 15 is 0 Å². The molecule has 1 rings (SSSR count). The number of halogens is 3. The third-order valence-corrected chi connectivity index (χ3v) is 3.28. The van der Waals surface area contributed by atoms with Crippen LogP contribution in [0.3, 0.4) is 0 Å². The Morgan fingerprint density at radius 2 is 1.95 bits per heavy atom. The molecule has 0 aliphatic rings. The van der Waals surface area contributed by atoms with E-state index in [1.165, 1.54) is 25.1 Å². The van der Waals surface area contributed by atoms with Crippen molar-refractivity contribution in [3.8, 4) is 0 Å². The second-order valence-corrected chi connectivity index (χ2v) is 5.34. The van der Waals surface area contributed by atoms with Crippen LogP contribution < -0.4 is 10.5 Å². The van der Waals surface area contributed by atoms with E-state index in [0.29, 0.717) is 0 Å². The Labute approximate surface area is 107 Å². The molecule has 1 aromatic carbocycles. The van der Waals surface area contributed by atoms with Crippen molar-refractivity contribution in [1.29, 1.82) is 0 Å². The molecule has 19 heavy (non-hydrogen) atoms. The van der Waals surface area contributed by atoms with Gasteiger partial charge in [0.05, 0.1) is 4.90 Å². The number of rotatable bonds is 3. The minimum atomic E-state index is -4.63. The summed E-state index contributed by atoms with van der Waals surface area (Å²) in [7, 11) is -4.00. The van der Waals surface area contributed by atoms with Crippen LogP contribution in [-0.2, 0) is 14.8 Å². The lowest BCUT2D eigenvalue weighted by molar-refractivity contribution is -0.150. The molecule has 0 heterocycles. The quantitative estimate of drug-likeness (QED) is 0.886. The van der Waals surface area contributed by atoms with Crippen molar-refractivity contribution in [1.82, 2.24) is 0 Å². The van der Waals surface area contributed by atoms with Crippen LogP contribution in [0, 0.1) is 6.92 Å². The summed E-state index contributed by atoms with van der Waals surface area (Å²) in [5, 5.41) is 6.94. The maximum Gasteiger partial charge on any atom is 0.397 e. The highest BCUT2D eigenvalue weighted by Crippen LogP contribution is 2.24. The molecule has 0 aliphatic heterocycles. The summed E-state index contributed by atoms with van der Waals surface area (Å²) in [6.07, 6.45) is -6.28. The fourth-order valence-corrected chi connectivity index (χ4v) is 2.24. The van der Waals surface area contributed by atoms with E-state index < -0.39 is 28.5 Å². The highest BCUT2D eigenvalue weighted by molar-refractivity contribution is 7.89. The highest BCUT2D eigenvalue weighted by Gasteiger charge is 2.31. The summed E-state index contributed by atoms with van der Waals surface area (Å²) in [5.41, 5.74) is 0.0568. The number of nitrogens with one attached hydrogen (secondary N) is 1. The predicted molar refractivity (Wildman–Crippen MR) is 61.9 cm³/mol. The number of hydrogen-bond acceptors (Lipinski definition) is 3. The van der Waals surface area contributed by atoms with Crippen molar-refractivity contribution in [3.63, 3.8) is 0 Å². The van der Waals surface area contributed by atoms with Gasteiger partial charge >= 0.3 is 6.18 Å². The van der Waals surface area contributed by atoms with Crippen LogP contribution in [0.5, 0.6) is 0 Å². The molecule has 0 bridgehead atoms. The Bertz CT molecular complexity index is 597. The first kappa shape index (κ1) is 15.4. The van der Waals surface area contributed by atoms with Gasteiger partial charge in [0.25, 0.3) is 0 Å². The van der Waals surface area contributed by atoms with Crippen LogP contribution in [0.1, 0.15) is 12.0 Å². The number of primary sulfonamides is 1. The summed E-state index contributed by atoms with van der Waals surface area (Å²) in [4.78, 5) is 10.9. The normalized spacial score (nSPS) is 12.3. The van der Waals surface area contributed by atoms with Gasteiger partial charge in [-0.2, -0.15) is 13.2 Å². The van der Waals surface area contributed by atoms with Gasteiger partial charge in [0.15, 0.2) is 0 Å². The summed E-state index contributed by atoms with van der Waals surface area (Å²) in [6.45, 7) is 1.34. The minimum absolute atomic E-state index is 0.0271. The van der Waals surface area contributed by atoms with Crippen LogP contribution in [0.4, 0.5) is 18.9 Å². The number of nitrogens with two attached hydrogens (primary N) is 1. The van der Waals surface area contributed by atoms with E-state index in [2.05, 4.69) is 0 Å². The first-order valence-electron chi connectivity index (χ1n) is 5.00. The molecule has 1 amide bonds. The zero-order chi connectivity index (χ0) is 14.8. The second-order valence-electron chi connectivity index (χ2n) is 3.81. The van der Waals surface area contributed by atoms with E-state index in [1.54, 1.807) is 0 Å². The molecule has 0 atom stereocenters. The zero-order valence-corrected chi connectivity index (χ0v) is 10.6. The van der Waals surface area contributed by atoms with Gasteiger partial charge in [-0.1, -0.05) is 6.07 Å². The van der Waals surface area contributed by atoms with Crippen molar-refractivity contribution in [2.75, 3.05) is 5.32 Å². The van der Waals surface area contributed by atoms with E-state index in [-0.39, 0.29) is 16.1 Å². The molecule has 0 saturated carbocycles. The van der Waals surface area contributed by atoms with Gasteiger partial charge < -0.3 is 5.32 Å². The van der Waals surface area contributed by atoms with Crippen molar-refractivity contribution in [2.24, 2.45) is 5.14 Å². The fraction of sp³-hybridized carbons (Fsp3) is 0.300. The zero-order valence-electron chi connectivity index (χ0n) is 9.78. The first-order chi connectivity index (χ1) is 8.50. The number of benzene rings is 1. The Hall–Kier alpha value is -1.61. The molecule has 5 nitrogen and oxygen atoms in total. The third-order valence-electron chi connectivity index (χ3n) is 2.23. The summed E-state index contributed by atoms with van der Waals surface area (Å²) < 4.78 is 58.4. The molecule has 0 saturated heterocycles. The summed E-state index contributed by atoms with van der Waals surface area (Å²) >= 11 is 0. The van der Waals surface area contributed by atoms with Crippen molar-refractivity contribution < 1.29 is 26.4 Å². The lowest BCUT2D eigenvalue weighted by Crippen LogP contribution is -2.22. The number of carbonyl (C=O) groups excluding carboxylic acids is 1. The molecule has 0 unspecified atom stereocenters. The molecule has 0 aliphatic carbocycles. The number of carbonyl (C=O) groups is 1. The SMILES string of the molecule is Cc1c(NC(=O)CC(F)(F)F)cccc1S(N)(=O)=O. The molecule has 106 valence electrons. The van der Waals surface area contributed by atoms with Gasteiger partial charge in [0, 0.05) is 5.69 Å². The highest BCUT2D eigenvalue weighted by atomic mass is 32.2. The topological polar surface area (TPSA) is 89.3 Å². The Balaban J connectivity index is 3.01. The molecule has 9 heteroatoms. The van der Waals surface area contributed by atoms with Crippen molar-refractivity contribution in [2.45, 2.75) is 24.4 Å². The monoisotopic (exact) mass is 296 g/mol. The number of anilines is 1. The van der Waals surface area contributed by atoms with Gasteiger partial charge in [0.2, 0.25) is 15.9 Å². The van der Waals surface area contributed by atoms with Crippen molar-refractivity contribution in [3.05, 3.63) is 23.8 Å². The lowest BCUT2D eigenvalue weighted by atomic mass is 10.2. The lowest BCUT2D eigenvalue weighted by Gasteiger charge is -2.12. The Morgan fingerprint density at radius 3 is 2.42 bits per heavy atom. The average Bonchev–Trinajstić information content (AvgIpc) is 2.16. The Morgan fingerprint density at radius 1 is 1.37 bits per heavy atom. The van der Waals surface area contributed by atoms with Crippen LogP contribution in [0.25, 0.3) is 0 Å². The maximum atomic E-state index is 12.0. The number of hydrogen-bond donors (Lipinski definition) is 2. The fourth-order valence-electron chi connectivity index (χ4n) is 1.43. The number of sulfonamides is 1. The molecule has 0 aromatic heterocycles. The molecular formula is C10H11F3N2O3S. The van der Waals surface area contributed by atoms with Gasteiger partial charge in [-0.05, 0) is 24.6 Å². The van der Waals surface area contributed by atoms with Crippen LogP contribution >= 0.6 is 0 Å². The van der Waals surface area contributed by atoms with Crippen LogP contribution in [0.2, 0.25) is 0 Å². The summed E-state index contributed by atoms with van der Waals surface area (Å²) in [5.74, 6) is -1.28. The van der Waals surface area contributed by atoms with Crippen LogP contribution in [0.15, 0.2) is 23.1 Å². The smallest absolute Gasteiger partial charge is 0.326 e. The largest absolute Gasteiger partial charge is 0.397 e. The van der Waals surface area contributed by atoms with Gasteiger partial charge in [-0.15, -0.1) is 0 Å². The number of alkyl halides is 3. The van der Waals surface area contributed by atoms with Crippen molar-refractivity contribution >= 4 is 21.6 Å². The van der Waals surface area contributed by atoms with E-state index in [0.717, 1.165) is 0 Å². The molecule has 0 radical (unpaired) electrons. The van der Waals surface area contributed by atoms with E-state index in [9.17, 15) is 26.4 Å². The second kappa shape index (κ2) is 5.17. The van der Waals surface area contributed by atoms with Gasteiger partial charge in [-0.25, -0.2) is 13.6 Å². The molecule has 3 N–H and O–H groups in total. The maximum absolute atomic E-state index is 12.0. The minimum Gasteiger partial charge on any atom is -0.326 e. The third kappa shape index (κ3) is 4.52. The standard InChI is InChI=1S/C10H11F3N2O3S/c1-6-7(15-9(16)5-10(11,12)13)3-2-4-8(6)19(14,17)18/h2-4H,5H2,1H3,(H,15,16)(H2,14,17,18). The molecule has 0 spiro atoms. The first-order valence-corrected chi connectivity index (χ1v) is 6.54. The van der Waals surface area contributed by atoms with E-state index in [4.69, 9.17) is 5.14 Å². The average molecular weight is 296 g/mol. The van der Waals surface area contributed by atoms with E-state index in [1.807, 2.05) is 5.32 Å². The number of amides is 1.